The third-order valence-corrected chi connectivity index (χ3v) is 6.90. The minimum atomic E-state index is -4.53. The number of rotatable bonds is 4. The van der Waals surface area contributed by atoms with Crippen molar-refractivity contribution < 1.29 is 22.4 Å². The number of halogens is 4. The SMILES string of the molecule is CC(C)(C)C#Cc1ccc2c(=O)[nH]nc(Cc3ccc(F)c(C(=O)N4CCN(c5ncc(C(F)(F)F)cn5)CC4)c3)c2c1. The second-order valence-electron chi connectivity index (χ2n) is 11.3. The number of nitrogens with zero attached hydrogens (tertiary/aromatic N) is 5. The summed E-state index contributed by atoms with van der Waals surface area (Å²) < 4.78 is 53.3. The molecule has 0 atom stereocenters. The normalized spacial score (nSPS) is 14.0. The molecular weight excluding hydrogens is 564 g/mol. The number of hydrogen-bond donors (Lipinski definition) is 1. The van der Waals surface area contributed by atoms with Crippen LogP contribution in [0.5, 0.6) is 0 Å². The molecule has 1 fully saturated rings. The highest BCUT2D eigenvalue weighted by Crippen LogP contribution is 2.28. The van der Waals surface area contributed by atoms with E-state index in [9.17, 15) is 27.2 Å². The molecule has 0 radical (unpaired) electrons. The number of amides is 1. The lowest BCUT2D eigenvalue weighted by Gasteiger charge is -2.34. The second kappa shape index (κ2) is 11.5. The number of H-pyrrole nitrogens is 1. The van der Waals surface area contributed by atoms with Crippen LogP contribution in [-0.4, -0.2) is 57.2 Å². The Bertz CT molecular complexity index is 1790. The van der Waals surface area contributed by atoms with Crippen LogP contribution in [0.25, 0.3) is 10.8 Å². The van der Waals surface area contributed by atoms with Gasteiger partial charge in [-0.1, -0.05) is 17.9 Å². The largest absolute Gasteiger partial charge is 0.419 e. The second-order valence-corrected chi connectivity index (χ2v) is 11.3. The van der Waals surface area contributed by atoms with Gasteiger partial charge in [-0.2, -0.15) is 18.3 Å². The summed E-state index contributed by atoms with van der Waals surface area (Å²) in [5, 5.41) is 7.80. The Hall–Kier alpha value is -4.79. The highest BCUT2D eigenvalue weighted by Gasteiger charge is 2.32. The zero-order valence-electron chi connectivity index (χ0n) is 23.7. The van der Waals surface area contributed by atoms with E-state index in [1.165, 1.54) is 17.0 Å². The van der Waals surface area contributed by atoms with Gasteiger partial charge in [-0.15, -0.1) is 0 Å². The third kappa shape index (κ3) is 6.83. The van der Waals surface area contributed by atoms with Gasteiger partial charge in [-0.3, -0.25) is 9.59 Å². The topological polar surface area (TPSA) is 95.1 Å². The number of alkyl halides is 3. The third-order valence-electron chi connectivity index (χ3n) is 6.90. The van der Waals surface area contributed by atoms with E-state index in [0.717, 1.165) is 18.0 Å². The number of hydrogen-bond acceptors (Lipinski definition) is 6. The molecule has 0 aliphatic carbocycles. The molecule has 43 heavy (non-hydrogen) atoms. The van der Waals surface area contributed by atoms with Crippen LogP contribution in [0.15, 0.2) is 53.6 Å². The number of nitrogens with one attached hydrogen (secondary N) is 1. The molecule has 2 aromatic carbocycles. The van der Waals surface area contributed by atoms with E-state index in [1.807, 2.05) is 20.8 Å². The Kier molecular flexibility index (Phi) is 7.92. The molecule has 0 bridgehead atoms. The molecule has 0 unspecified atom stereocenters. The summed E-state index contributed by atoms with van der Waals surface area (Å²) >= 11 is 0. The van der Waals surface area contributed by atoms with Crippen LogP contribution < -0.4 is 10.5 Å². The van der Waals surface area contributed by atoms with Gasteiger partial charge in [-0.25, -0.2) is 19.5 Å². The molecule has 0 saturated carbocycles. The van der Waals surface area contributed by atoms with Crippen LogP contribution in [-0.2, 0) is 12.6 Å². The van der Waals surface area contributed by atoms with E-state index in [1.54, 1.807) is 29.2 Å². The first kappa shape index (κ1) is 29.7. The highest BCUT2D eigenvalue weighted by molar-refractivity contribution is 5.95. The summed E-state index contributed by atoms with van der Waals surface area (Å²) in [6.07, 6.45) is -2.86. The Balaban J connectivity index is 1.33. The summed E-state index contributed by atoms with van der Waals surface area (Å²) in [5.41, 5.74) is 0.293. The first-order valence-corrected chi connectivity index (χ1v) is 13.5. The van der Waals surface area contributed by atoms with Gasteiger partial charge in [0.05, 0.1) is 22.2 Å². The van der Waals surface area contributed by atoms with Gasteiger partial charge < -0.3 is 9.80 Å². The minimum Gasteiger partial charge on any atom is -0.337 e. The van der Waals surface area contributed by atoms with Gasteiger partial charge in [0.1, 0.15) is 5.82 Å². The van der Waals surface area contributed by atoms with Crippen LogP contribution in [0, 0.1) is 23.1 Å². The molecule has 1 aliphatic rings. The molecule has 5 rings (SSSR count). The standard InChI is InChI=1S/C31H28F4N6O2/c1-30(2,3)9-8-19-4-6-22-23(14-19)26(38-39-27(22)42)16-20-5-7-25(32)24(15-20)28(43)40-10-12-41(13-11-40)29-36-17-21(18-37-29)31(33,34)35/h4-7,14-15,17-18H,10-13,16H2,1-3H3,(H,39,42). The van der Waals surface area contributed by atoms with Crippen molar-refractivity contribution in [2.24, 2.45) is 5.41 Å². The molecule has 1 saturated heterocycles. The van der Waals surface area contributed by atoms with Crippen molar-refractivity contribution in [3.63, 3.8) is 0 Å². The van der Waals surface area contributed by atoms with Crippen molar-refractivity contribution in [1.29, 1.82) is 0 Å². The summed E-state index contributed by atoms with van der Waals surface area (Å²) in [6, 6.07) is 9.54. The lowest BCUT2D eigenvalue weighted by molar-refractivity contribution is -0.138. The number of fused-ring (bicyclic) bond motifs is 1. The molecular formula is C31H28F4N6O2. The summed E-state index contributed by atoms with van der Waals surface area (Å²) in [6.45, 7) is 6.95. The minimum absolute atomic E-state index is 0.109. The molecule has 4 aromatic rings. The summed E-state index contributed by atoms with van der Waals surface area (Å²) in [5.74, 6) is 5.24. The number of anilines is 1. The number of aromatic amines is 1. The van der Waals surface area contributed by atoms with Crippen LogP contribution in [0.4, 0.5) is 23.5 Å². The predicted octanol–water partition coefficient (Wildman–Crippen LogP) is 4.82. The number of aromatic nitrogens is 4. The van der Waals surface area contributed by atoms with Crippen molar-refractivity contribution in [2.45, 2.75) is 33.4 Å². The first-order valence-electron chi connectivity index (χ1n) is 13.5. The molecule has 222 valence electrons. The molecule has 8 nitrogen and oxygen atoms in total. The molecule has 3 heterocycles. The Morgan fingerprint density at radius 3 is 2.33 bits per heavy atom. The first-order chi connectivity index (χ1) is 20.3. The Labute approximate surface area is 244 Å². The number of piperazine rings is 1. The van der Waals surface area contributed by atoms with E-state index in [2.05, 4.69) is 32.0 Å². The fourth-order valence-electron chi connectivity index (χ4n) is 4.64. The Morgan fingerprint density at radius 1 is 0.977 bits per heavy atom. The van der Waals surface area contributed by atoms with Crippen LogP contribution >= 0.6 is 0 Å². The molecule has 1 N–H and O–H groups in total. The van der Waals surface area contributed by atoms with Crippen molar-refractivity contribution in [3.05, 3.63) is 92.9 Å². The van der Waals surface area contributed by atoms with Crippen molar-refractivity contribution in [2.75, 3.05) is 31.1 Å². The molecule has 1 amide bonds. The monoisotopic (exact) mass is 592 g/mol. The van der Waals surface area contributed by atoms with Crippen molar-refractivity contribution in [3.8, 4) is 11.8 Å². The molecule has 1 aliphatic heterocycles. The average Bonchev–Trinajstić information content (AvgIpc) is 2.97. The van der Waals surface area contributed by atoms with Crippen LogP contribution in [0.2, 0.25) is 0 Å². The number of carbonyl (C=O) groups excluding carboxylic acids is 1. The maximum atomic E-state index is 14.9. The maximum Gasteiger partial charge on any atom is 0.419 e. The van der Waals surface area contributed by atoms with E-state index in [0.29, 0.717) is 22.0 Å². The van der Waals surface area contributed by atoms with Crippen LogP contribution in [0.3, 0.4) is 0 Å². The van der Waals surface area contributed by atoms with Gasteiger partial charge in [0.2, 0.25) is 5.95 Å². The van der Waals surface area contributed by atoms with Gasteiger partial charge in [0.15, 0.2) is 0 Å². The van der Waals surface area contributed by atoms with E-state index >= 15 is 0 Å². The Morgan fingerprint density at radius 2 is 1.67 bits per heavy atom. The maximum absolute atomic E-state index is 14.9. The average molecular weight is 593 g/mol. The van der Waals surface area contributed by atoms with Crippen molar-refractivity contribution >= 4 is 22.6 Å². The fourth-order valence-corrected chi connectivity index (χ4v) is 4.64. The summed E-state index contributed by atoms with van der Waals surface area (Å²) in [4.78, 5) is 36.5. The fraction of sp³-hybridized carbons (Fsp3) is 0.323. The zero-order chi connectivity index (χ0) is 30.9. The predicted molar refractivity (Wildman–Crippen MR) is 153 cm³/mol. The smallest absolute Gasteiger partial charge is 0.337 e. The molecule has 12 heteroatoms. The highest BCUT2D eigenvalue weighted by atomic mass is 19.4. The zero-order valence-corrected chi connectivity index (χ0v) is 23.7. The molecule has 0 spiro atoms. The van der Waals surface area contributed by atoms with E-state index in [-0.39, 0.29) is 55.1 Å². The van der Waals surface area contributed by atoms with E-state index in [4.69, 9.17) is 0 Å². The lowest BCUT2D eigenvalue weighted by Crippen LogP contribution is -2.49. The van der Waals surface area contributed by atoms with Crippen molar-refractivity contribution in [1.82, 2.24) is 25.1 Å². The number of benzene rings is 2. The quantitative estimate of drug-likeness (QED) is 0.270. The van der Waals surface area contributed by atoms with E-state index < -0.39 is 23.5 Å². The summed E-state index contributed by atoms with van der Waals surface area (Å²) in [7, 11) is 0. The number of carbonyl (C=O) groups is 1. The van der Waals surface area contributed by atoms with Gasteiger partial charge >= 0.3 is 6.18 Å². The lowest BCUT2D eigenvalue weighted by atomic mass is 9.96. The molecule has 2 aromatic heterocycles. The van der Waals surface area contributed by atoms with Gasteiger partial charge in [0, 0.05) is 61.4 Å². The van der Waals surface area contributed by atoms with Gasteiger partial charge in [-0.05, 0) is 56.7 Å². The van der Waals surface area contributed by atoms with Crippen LogP contribution in [0.1, 0.15) is 53.5 Å². The van der Waals surface area contributed by atoms with Gasteiger partial charge in [0.25, 0.3) is 11.5 Å².